The molecule has 7 aromatic rings. The summed E-state index contributed by atoms with van der Waals surface area (Å²) in [4.78, 5) is 0. The maximum Gasteiger partial charge on any atom is 0.0563 e. The molecule has 0 spiro atoms. The Bertz CT molecular complexity index is 1640. The molecule has 0 radical (unpaired) electrons. The molecule has 2 heteroatoms. The van der Waals surface area contributed by atoms with E-state index in [0.29, 0.717) is 0 Å². The summed E-state index contributed by atoms with van der Waals surface area (Å²) in [5.74, 6) is 0. The standard InChI is InChI=1S/C30H20N2/c1-3-10-21(11-4-1)22-12-7-15-24(20-22)32-27-18-8-16-25-29(27)30-26(17-9-19-28(30)32)31(25)23-13-5-2-6-14-23/h1-20H. The van der Waals surface area contributed by atoms with E-state index >= 15 is 0 Å². The largest absolute Gasteiger partial charge is 0.309 e. The molecule has 0 fully saturated rings. The second kappa shape index (κ2) is 6.60. The third kappa shape index (κ3) is 2.35. The molecular formula is C30H20N2. The molecule has 0 bridgehead atoms. The lowest BCUT2D eigenvalue weighted by Gasteiger charge is -2.13. The molecule has 0 atom stereocenters. The lowest BCUT2D eigenvalue weighted by atomic mass is 10.1. The molecule has 0 unspecified atom stereocenters. The van der Waals surface area contributed by atoms with Crippen LogP contribution in [0.3, 0.4) is 0 Å². The van der Waals surface area contributed by atoms with Gasteiger partial charge in [-0.3, -0.25) is 0 Å². The first-order valence-electron chi connectivity index (χ1n) is 11.0. The Morgan fingerprint density at radius 2 is 0.781 bits per heavy atom. The lowest BCUT2D eigenvalue weighted by molar-refractivity contribution is 1.16. The highest BCUT2D eigenvalue weighted by Gasteiger charge is 2.21. The van der Waals surface area contributed by atoms with Gasteiger partial charge in [-0.05, 0) is 59.7 Å². The van der Waals surface area contributed by atoms with E-state index in [-0.39, 0.29) is 0 Å². The van der Waals surface area contributed by atoms with Crippen molar-refractivity contribution in [3.8, 4) is 22.5 Å². The molecule has 0 N–H and O–H groups in total. The van der Waals surface area contributed by atoms with Crippen molar-refractivity contribution < 1.29 is 0 Å². The first-order chi connectivity index (χ1) is 15.9. The Labute approximate surface area is 185 Å². The molecule has 0 amide bonds. The maximum atomic E-state index is 2.41. The van der Waals surface area contributed by atoms with Crippen LogP contribution in [0.5, 0.6) is 0 Å². The summed E-state index contributed by atoms with van der Waals surface area (Å²) in [6.07, 6.45) is 0. The fourth-order valence-electron chi connectivity index (χ4n) is 5.16. The molecular weight excluding hydrogens is 388 g/mol. The molecule has 0 saturated carbocycles. The number of benzene rings is 5. The lowest BCUT2D eigenvalue weighted by Crippen LogP contribution is -1.98. The number of para-hydroxylation sites is 1. The second-order valence-electron chi connectivity index (χ2n) is 8.27. The Morgan fingerprint density at radius 1 is 0.344 bits per heavy atom. The van der Waals surface area contributed by atoms with Gasteiger partial charge in [-0.1, -0.05) is 72.8 Å². The fraction of sp³-hybridized carbons (Fsp3) is 0. The van der Waals surface area contributed by atoms with E-state index in [1.165, 1.54) is 55.3 Å². The zero-order chi connectivity index (χ0) is 21.1. The van der Waals surface area contributed by atoms with Gasteiger partial charge in [0.1, 0.15) is 0 Å². The van der Waals surface area contributed by atoms with E-state index in [1.54, 1.807) is 0 Å². The van der Waals surface area contributed by atoms with Crippen LogP contribution >= 0.6 is 0 Å². The SMILES string of the molecule is c1ccc(-c2cccc(-n3c4cccc5c4c4c(cccc43)n5-c3ccccc3)c2)cc1. The average Bonchev–Trinajstić information content (AvgIpc) is 3.39. The third-order valence-electron chi connectivity index (χ3n) is 6.48. The molecule has 0 saturated heterocycles. The summed E-state index contributed by atoms with van der Waals surface area (Å²) < 4.78 is 4.79. The number of rotatable bonds is 3. The van der Waals surface area contributed by atoms with Crippen LogP contribution in [-0.2, 0) is 0 Å². The first kappa shape index (κ1) is 17.4. The van der Waals surface area contributed by atoms with Gasteiger partial charge < -0.3 is 9.13 Å². The number of nitrogens with zero attached hydrogens (tertiary/aromatic N) is 2. The zero-order valence-electron chi connectivity index (χ0n) is 17.4. The highest BCUT2D eigenvalue weighted by Crippen LogP contribution is 2.42. The summed E-state index contributed by atoms with van der Waals surface area (Å²) >= 11 is 0. The Hall–Kier alpha value is -4.30. The van der Waals surface area contributed by atoms with E-state index in [0.717, 1.165) is 0 Å². The molecule has 0 aliphatic heterocycles. The monoisotopic (exact) mass is 408 g/mol. The third-order valence-corrected chi connectivity index (χ3v) is 6.48. The number of hydrogen-bond acceptors (Lipinski definition) is 0. The van der Waals surface area contributed by atoms with E-state index in [9.17, 15) is 0 Å². The summed E-state index contributed by atoms with van der Waals surface area (Å²) in [5, 5.41) is 2.65. The number of aromatic nitrogens is 2. The van der Waals surface area contributed by atoms with Crippen molar-refractivity contribution in [2.45, 2.75) is 0 Å². The van der Waals surface area contributed by atoms with Crippen LogP contribution < -0.4 is 0 Å². The van der Waals surface area contributed by atoms with Gasteiger partial charge in [0.25, 0.3) is 0 Å². The fourth-order valence-corrected chi connectivity index (χ4v) is 5.16. The van der Waals surface area contributed by atoms with Crippen LogP contribution in [0.4, 0.5) is 0 Å². The van der Waals surface area contributed by atoms with Crippen molar-refractivity contribution in [2.75, 3.05) is 0 Å². The molecule has 0 aliphatic carbocycles. The van der Waals surface area contributed by atoms with E-state index in [2.05, 4.69) is 130 Å². The minimum atomic E-state index is 1.19. The van der Waals surface area contributed by atoms with Gasteiger partial charge in [-0.25, -0.2) is 0 Å². The van der Waals surface area contributed by atoms with Gasteiger partial charge in [0.05, 0.1) is 22.1 Å². The van der Waals surface area contributed by atoms with Gasteiger partial charge in [0, 0.05) is 22.1 Å². The first-order valence-corrected chi connectivity index (χ1v) is 11.0. The van der Waals surface area contributed by atoms with E-state index in [1.807, 2.05) is 0 Å². The molecule has 150 valence electrons. The van der Waals surface area contributed by atoms with Crippen molar-refractivity contribution in [3.63, 3.8) is 0 Å². The second-order valence-corrected chi connectivity index (χ2v) is 8.27. The molecule has 2 aromatic heterocycles. The Kier molecular flexibility index (Phi) is 3.58. The topological polar surface area (TPSA) is 9.86 Å². The summed E-state index contributed by atoms with van der Waals surface area (Å²) in [5.41, 5.74) is 9.83. The van der Waals surface area contributed by atoms with Gasteiger partial charge in [0.2, 0.25) is 0 Å². The van der Waals surface area contributed by atoms with Crippen LogP contribution in [0.15, 0.2) is 121 Å². The highest BCUT2D eigenvalue weighted by molar-refractivity contribution is 6.25. The van der Waals surface area contributed by atoms with Crippen molar-refractivity contribution >= 4 is 32.8 Å². The Morgan fingerprint density at radius 3 is 1.38 bits per heavy atom. The summed E-state index contributed by atoms with van der Waals surface area (Å²) in [6, 6.07) is 43.4. The van der Waals surface area contributed by atoms with Crippen LogP contribution in [0.1, 0.15) is 0 Å². The molecule has 2 heterocycles. The van der Waals surface area contributed by atoms with Crippen LogP contribution in [0.2, 0.25) is 0 Å². The maximum absolute atomic E-state index is 2.41. The molecule has 32 heavy (non-hydrogen) atoms. The van der Waals surface area contributed by atoms with Crippen molar-refractivity contribution in [1.29, 1.82) is 0 Å². The highest BCUT2D eigenvalue weighted by atomic mass is 15.0. The zero-order valence-corrected chi connectivity index (χ0v) is 17.4. The van der Waals surface area contributed by atoms with E-state index < -0.39 is 0 Å². The van der Waals surface area contributed by atoms with Gasteiger partial charge in [-0.15, -0.1) is 0 Å². The van der Waals surface area contributed by atoms with E-state index in [4.69, 9.17) is 0 Å². The minimum absolute atomic E-state index is 1.19. The van der Waals surface area contributed by atoms with Crippen molar-refractivity contribution in [1.82, 2.24) is 9.13 Å². The van der Waals surface area contributed by atoms with Crippen LogP contribution in [0, 0.1) is 0 Å². The number of hydrogen-bond donors (Lipinski definition) is 0. The normalized spacial score (nSPS) is 11.8. The van der Waals surface area contributed by atoms with Crippen LogP contribution in [0.25, 0.3) is 55.3 Å². The minimum Gasteiger partial charge on any atom is -0.309 e. The smallest absolute Gasteiger partial charge is 0.0563 e. The molecule has 0 aliphatic rings. The predicted octanol–water partition coefficient (Wildman–Crippen LogP) is 7.83. The quantitative estimate of drug-likeness (QED) is 0.282. The molecule has 7 rings (SSSR count). The molecule has 2 nitrogen and oxygen atoms in total. The van der Waals surface area contributed by atoms with Crippen molar-refractivity contribution in [3.05, 3.63) is 121 Å². The average molecular weight is 409 g/mol. The predicted molar refractivity (Wildman–Crippen MR) is 134 cm³/mol. The van der Waals surface area contributed by atoms with Crippen molar-refractivity contribution in [2.24, 2.45) is 0 Å². The van der Waals surface area contributed by atoms with Gasteiger partial charge >= 0.3 is 0 Å². The Balaban J connectivity index is 1.56. The van der Waals surface area contributed by atoms with Gasteiger partial charge in [-0.2, -0.15) is 0 Å². The van der Waals surface area contributed by atoms with Gasteiger partial charge in [0.15, 0.2) is 0 Å². The summed E-state index contributed by atoms with van der Waals surface area (Å²) in [6.45, 7) is 0. The molecule has 5 aromatic carbocycles. The summed E-state index contributed by atoms with van der Waals surface area (Å²) in [7, 11) is 0. The van der Waals surface area contributed by atoms with Crippen LogP contribution in [-0.4, -0.2) is 9.13 Å².